The van der Waals surface area contributed by atoms with Gasteiger partial charge in [0.15, 0.2) is 0 Å². The lowest BCUT2D eigenvalue weighted by atomic mass is 10.1. The third kappa shape index (κ3) is 3.70. The minimum absolute atomic E-state index is 0.570. The zero-order chi connectivity index (χ0) is 11.1. The first kappa shape index (κ1) is 11.7. The molecule has 0 aliphatic carbocycles. The molecular formula is C12H15NO2. The first-order valence-corrected chi connectivity index (χ1v) is 4.84. The average molecular weight is 205 g/mol. The number of nitrogens with zero attached hydrogens (tertiary/aromatic N) is 1. The standard InChI is InChI=1S/C12H15NO2/c1-10-7-11(8-13)3-4-12(10)9-15-6-5-14-2/h3-4,7H,5-6,9H2,1-2H3. The summed E-state index contributed by atoms with van der Waals surface area (Å²) in [6.07, 6.45) is 0. The molecule has 0 saturated heterocycles. The summed E-state index contributed by atoms with van der Waals surface area (Å²) in [5, 5.41) is 8.70. The zero-order valence-corrected chi connectivity index (χ0v) is 9.12. The molecule has 0 aliphatic rings. The maximum Gasteiger partial charge on any atom is 0.0991 e. The molecule has 3 heteroatoms. The van der Waals surface area contributed by atoms with Crippen LogP contribution < -0.4 is 0 Å². The Morgan fingerprint density at radius 1 is 1.33 bits per heavy atom. The van der Waals surface area contributed by atoms with E-state index in [9.17, 15) is 0 Å². The van der Waals surface area contributed by atoms with Crippen LogP contribution in [0.4, 0.5) is 0 Å². The van der Waals surface area contributed by atoms with Crippen molar-refractivity contribution in [3.63, 3.8) is 0 Å². The molecule has 0 amide bonds. The lowest BCUT2D eigenvalue weighted by molar-refractivity contribution is 0.0614. The van der Waals surface area contributed by atoms with Crippen molar-refractivity contribution in [1.29, 1.82) is 5.26 Å². The first-order chi connectivity index (χ1) is 7.27. The Labute approximate surface area is 90.2 Å². The summed E-state index contributed by atoms with van der Waals surface area (Å²) in [6.45, 7) is 3.75. The highest BCUT2D eigenvalue weighted by Gasteiger charge is 1.99. The van der Waals surface area contributed by atoms with Crippen molar-refractivity contribution in [2.24, 2.45) is 0 Å². The average Bonchev–Trinajstić information content (AvgIpc) is 2.26. The predicted octanol–water partition coefficient (Wildman–Crippen LogP) is 2.03. The minimum atomic E-state index is 0.570. The molecule has 0 unspecified atom stereocenters. The van der Waals surface area contributed by atoms with Crippen LogP contribution in [0.1, 0.15) is 16.7 Å². The summed E-state index contributed by atoms with van der Waals surface area (Å²) in [6, 6.07) is 7.72. The normalized spacial score (nSPS) is 9.93. The molecule has 0 N–H and O–H groups in total. The van der Waals surface area contributed by atoms with Crippen molar-refractivity contribution in [3.8, 4) is 6.07 Å². The van der Waals surface area contributed by atoms with Gasteiger partial charge in [0, 0.05) is 7.11 Å². The SMILES string of the molecule is COCCOCc1ccc(C#N)cc1C. The van der Waals surface area contributed by atoms with Gasteiger partial charge in [-0.3, -0.25) is 0 Å². The fourth-order valence-corrected chi connectivity index (χ4v) is 1.25. The first-order valence-electron chi connectivity index (χ1n) is 4.84. The summed E-state index contributed by atoms with van der Waals surface area (Å²) in [5.74, 6) is 0. The quantitative estimate of drug-likeness (QED) is 0.691. The number of hydrogen-bond acceptors (Lipinski definition) is 3. The summed E-state index contributed by atoms with van der Waals surface area (Å²) in [4.78, 5) is 0. The van der Waals surface area contributed by atoms with Crippen LogP contribution in [0.3, 0.4) is 0 Å². The molecule has 0 bridgehead atoms. The van der Waals surface area contributed by atoms with Crippen LogP contribution in [0.25, 0.3) is 0 Å². The van der Waals surface area contributed by atoms with Crippen LogP contribution in [-0.4, -0.2) is 20.3 Å². The van der Waals surface area contributed by atoms with Gasteiger partial charge in [-0.25, -0.2) is 0 Å². The monoisotopic (exact) mass is 205 g/mol. The molecule has 0 saturated carbocycles. The third-order valence-electron chi connectivity index (χ3n) is 2.16. The van der Waals surface area contributed by atoms with Crippen LogP contribution in [-0.2, 0) is 16.1 Å². The van der Waals surface area contributed by atoms with E-state index in [0.29, 0.717) is 25.4 Å². The lowest BCUT2D eigenvalue weighted by Gasteiger charge is -2.06. The Hall–Kier alpha value is -1.37. The number of benzene rings is 1. The largest absolute Gasteiger partial charge is 0.382 e. The van der Waals surface area contributed by atoms with Gasteiger partial charge in [0.1, 0.15) is 0 Å². The van der Waals surface area contributed by atoms with Crippen LogP contribution in [0, 0.1) is 18.3 Å². The summed E-state index contributed by atoms with van der Waals surface area (Å²) < 4.78 is 10.3. The van der Waals surface area contributed by atoms with Gasteiger partial charge in [-0.1, -0.05) is 6.07 Å². The number of ether oxygens (including phenoxy) is 2. The molecule has 1 aromatic rings. The molecule has 0 heterocycles. The molecular weight excluding hydrogens is 190 g/mol. The molecule has 0 aliphatic heterocycles. The fraction of sp³-hybridized carbons (Fsp3) is 0.417. The number of methoxy groups -OCH3 is 1. The summed E-state index contributed by atoms with van der Waals surface area (Å²) >= 11 is 0. The lowest BCUT2D eigenvalue weighted by Crippen LogP contribution is -2.02. The molecule has 0 radical (unpaired) electrons. The van der Waals surface area contributed by atoms with Crippen LogP contribution in [0.5, 0.6) is 0 Å². The van der Waals surface area contributed by atoms with Gasteiger partial charge in [-0.05, 0) is 30.2 Å². The Morgan fingerprint density at radius 3 is 2.73 bits per heavy atom. The highest BCUT2D eigenvalue weighted by atomic mass is 16.5. The van der Waals surface area contributed by atoms with Gasteiger partial charge >= 0.3 is 0 Å². The van der Waals surface area contributed by atoms with E-state index in [2.05, 4.69) is 6.07 Å². The van der Waals surface area contributed by atoms with Gasteiger partial charge in [-0.2, -0.15) is 5.26 Å². The van der Waals surface area contributed by atoms with Gasteiger partial charge in [0.2, 0.25) is 0 Å². The van der Waals surface area contributed by atoms with Crippen molar-refractivity contribution in [1.82, 2.24) is 0 Å². The minimum Gasteiger partial charge on any atom is -0.382 e. The summed E-state index contributed by atoms with van der Waals surface area (Å²) in [7, 11) is 1.65. The van der Waals surface area contributed by atoms with Crippen molar-refractivity contribution in [2.75, 3.05) is 20.3 Å². The van der Waals surface area contributed by atoms with Crippen molar-refractivity contribution in [3.05, 3.63) is 34.9 Å². The van der Waals surface area contributed by atoms with Crippen LogP contribution >= 0.6 is 0 Å². The second-order valence-corrected chi connectivity index (χ2v) is 3.30. The molecule has 0 spiro atoms. The number of hydrogen-bond donors (Lipinski definition) is 0. The predicted molar refractivity (Wildman–Crippen MR) is 57.4 cm³/mol. The topological polar surface area (TPSA) is 42.2 Å². The molecule has 15 heavy (non-hydrogen) atoms. The molecule has 0 fully saturated rings. The molecule has 1 aromatic carbocycles. The van der Waals surface area contributed by atoms with Gasteiger partial charge in [0.05, 0.1) is 31.5 Å². The van der Waals surface area contributed by atoms with E-state index in [1.807, 2.05) is 25.1 Å². The van der Waals surface area contributed by atoms with Gasteiger partial charge < -0.3 is 9.47 Å². The smallest absolute Gasteiger partial charge is 0.0991 e. The van der Waals surface area contributed by atoms with Gasteiger partial charge in [-0.15, -0.1) is 0 Å². The van der Waals surface area contributed by atoms with E-state index < -0.39 is 0 Å². The molecule has 3 nitrogen and oxygen atoms in total. The maximum absolute atomic E-state index is 8.70. The summed E-state index contributed by atoms with van der Waals surface area (Å²) in [5.41, 5.74) is 2.89. The molecule has 80 valence electrons. The molecule has 1 rings (SSSR count). The highest BCUT2D eigenvalue weighted by Crippen LogP contribution is 2.11. The fourth-order valence-electron chi connectivity index (χ4n) is 1.25. The van der Waals surface area contributed by atoms with Crippen molar-refractivity contribution >= 4 is 0 Å². The van der Waals surface area contributed by atoms with E-state index in [4.69, 9.17) is 14.7 Å². The van der Waals surface area contributed by atoms with E-state index in [1.165, 1.54) is 0 Å². The molecule has 0 aromatic heterocycles. The Morgan fingerprint density at radius 2 is 2.13 bits per heavy atom. The maximum atomic E-state index is 8.70. The van der Waals surface area contributed by atoms with Crippen molar-refractivity contribution in [2.45, 2.75) is 13.5 Å². The Bertz CT molecular complexity index is 355. The second-order valence-electron chi connectivity index (χ2n) is 3.30. The van der Waals surface area contributed by atoms with E-state index in [1.54, 1.807) is 7.11 Å². The third-order valence-corrected chi connectivity index (χ3v) is 2.16. The van der Waals surface area contributed by atoms with E-state index in [0.717, 1.165) is 11.1 Å². The number of nitriles is 1. The Kier molecular flexibility index (Phi) is 4.82. The van der Waals surface area contributed by atoms with Gasteiger partial charge in [0.25, 0.3) is 0 Å². The van der Waals surface area contributed by atoms with Crippen molar-refractivity contribution < 1.29 is 9.47 Å². The second kappa shape index (κ2) is 6.18. The number of aryl methyl sites for hydroxylation is 1. The Balaban J connectivity index is 2.52. The highest BCUT2D eigenvalue weighted by molar-refractivity contribution is 5.37. The van der Waals surface area contributed by atoms with Crippen LogP contribution in [0.15, 0.2) is 18.2 Å². The van der Waals surface area contributed by atoms with E-state index >= 15 is 0 Å². The number of rotatable bonds is 5. The van der Waals surface area contributed by atoms with Crippen LogP contribution in [0.2, 0.25) is 0 Å². The zero-order valence-electron chi connectivity index (χ0n) is 9.12. The molecule has 0 atom stereocenters. The van der Waals surface area contributed by atoms with E-state index in [-0.39, 0.29) is 0 Å².